The highest BCUT2D eigenvalue weighted by atomic mass is 16.4. The molecule has 0 bridgehead atoms. The van der Waals surface area contributed by atoms with E-state index < -0.39 is 23.8 Å². The Kier molecular flexibility index (Phi) is 6.85. The molecule has 5 N–H and O–H groups in total. The van der Waals surface area contributed by atoms with Gasteiger partial charge in [0.15, 0.2) is 0 Å². The van der Waals surface area contributed by atoms with Crippen molar-refractivity contribution in [1.29, 1.82) is 0 Å². The Morgan fingerprint density at radius 1 is 0.963 bits per heavy atom. The highest BCUT2D eigenvalue weighted by Gasteiger charge is 2.14. The van der Waals surface area contributed by atoms with Crippen LogP contribution in [0.2, 0.25) is 0 Å². The first-order chi connectivity index (χ1) is 12.9. The third-order valence-corrected chi connectivity index (χ3v) is 3.88. The first-order valence-corrected chi connectivity index (χ1v) is 8.22. The van der Waals surface area contributed by atoms with Crippen LogP contribution in [-0.4, -0.2) is 39.0 Å². The number of carboxylic acids is 2. The van der Waals surface area contributed by atoms with Gasteiger partial charge in [-0.25, -0.2) is 4.79 Å². The lowest BCUT2D eigenvalue weighted by Crippen LogP contribution is -2.32. The second-order valence-electron chi connectivity index (χ2n) is 5.90. The number of aliphatic carboxylic acids is 2. The van der Waals surface area contributed by atoms with Crippen molar-refractivity contribution in [2.45, 2.75) is 18.9 Å². The Morgan fingerprint density at radius 3 is 2.22 bits per heavy atom. The number of fused-ring (bicyclic) bond motifs is 1. The number of hydrogen-bond acceptors (Lipinski definition) is 4. The lowest BCUT2D eigenvalue weighted by atomic mass is 10.1. The van der Waals surface area contributed by atoms with Crippen LogP contribution in [0.3, 0.4) is 0 Å². The van der Waals surface area contributed by atoms with Crippen LogP contribution < -0.4 is 5.73 Å². The highest BCUT2D eigenvalue weighted by molar-refractivity contribution is 6.33. The van der Waals surface area contributed by atoms with Gasteiger partial charge in [-0.2, -0.15) is 0 Å². The molecule has 0 amide bonds. The zero-order chi connectivity index (χ0) is 19.8. The molecule has 0 saturated carbocycles. The van der Waals surface area contributed by atoms with Gasteiger partial charge in [0.05, 0.1) is 0 Å². The van der Waals surface area contributed by atoms with Crippen LogP contribution in [0.1, 0.15) is 11.1 Å². The summed E-state index contributed by atoms with van der Waals surface area (Å²) in [5.74, 6) is -3.12. The van der Waals surface area contributed by atoms with Gasteiger partial charge in [-0.1, -0.05) is 48.5 Å². The molecular formula is C20H20N2O5. The molecular weight excluding hydrogens is 348 g/mol. The van der Waals surface area contributed by atoms with E-state index >= 15 is 0 Å². The van der Waals surface area contributed by atoms with Gasteiger partial charge >= 0.3 is 11.9 Å². The van der Waals surface area contributed by atoms with Crippen LogP contribution in [0.15, 0.2) is 60.8 Å². The first-order valence-electron chi connectivity index (χ1n) is 8.22. The average Bonchev–Trinajstić information content (AvgIpc) is 3.06. The number of hydrogen-bond donors (Lipinski definition) is 4. The van der Waals surface area contributed by atoms with Crippen molar-refractivity contribution >= 4 is 28.6 Å². The van der Waals surface area contributed by atoms with Crippen molar-refractivity contribution in [3.05, 3.63) is 71.9 Å². The number of carbonyl (C=O) groups excluding carboxylic acids is 1. The molecule has 0 spiro atoms. The molecule has 0 fully saturated rings. The number of H-pyrrole nitrogens is 1. The quantitative estimate of drug-likeness (QED) is 0.492. The van der Waals surface area contributed by atoms with Gasteiger partial charge in [0.1, 0.15) is 6.04 Å². The molecule has 2 aromatic carbocycles. The van der Waals surface area contributed by atoms with Crippen LogP contribution in [-0.2, 0) is 27.2 Å². The standard InChI is InChI=1S/C11H12N2O2.C9H8O3/c12-9(11(14)15)5-7-6-13-10-4-2-1-3-8(7)10;10-8(9(11)12)6-7-4-2-1-3-5-7/h1-4,6,9,13H,5,12H2,(H,14,15);1-5H,6H2,(H,11,12). The topological polar surface area (TPSA) is 133 Å². The molecule has 7 heteroatoms. The summed E-state index contributed by atoms with van der Waals surface area (Å²) in [6.07, 6.45) is 2.13. The Balaban J connectivity index is 0.000000199. The number of benzene rings is 2. The van der Waals surface area contributed by atoms with Crippen LogP contribution >= 0.6 is 0 Å². The van der Waals surface area contributed by atoms with Crippen LogP contribution in [0, 0.1) is 0 Å². The molecule has 140 valence electrons. The number of aromatic amines is 1. The summed E-state index contributed by atoms with van der Waals surface area (Å²) in [5.41, 5.74) is 8.16. The number of nitrogens with one attached hydrogen (secondary N) is 1. The van der Waals surface area contributed by atoms with Crippen molar-refractivity contribution in [2.24, 2.45) is 5.73 Å². The summed E-state index contributed by atoms with van der Waals surface area (Å²) in [7, 11) is 0. The zero-order valence-electron chi connectivity index (χ0n) is 14.5. The Morgan fingerprint density at radius 2 is 1.59 bits per heavy atom. The van der Waals surface area contributed by atoms with E-state index in [4.69, 9.17) is 15.9 Å². The fourth-order valence-electron chi connectivity index (χ4n) is 2.48. The Bertz CT molecular complexity index is 934. The van der Waals surface area contributed by atoms with Crippen LogP contribution in [0.25, 0.3) is 10.9 Å². The minimum Gasteiger partial charge on any atom is -0.480 e. The molecule has 1 heterocycles. The van der Waals surface area contributed by atoms with Crippen molar-refractivity contribution in [3.8, 4) is 0 Å². The molecule has 0 aliphatic heterocycles. The maximum Gasteiger partial charge on any atom is 0.372 e. The van der Waals surface area contributed by atoms with Gasteiger partial charge in [0.25, 0.3) is 0 Å². The Hall–Kier alpha value is -3.45. The average molecular weight is 368 g/mol. The SMILES string of the molecule is NC(Cc1c[nH]c2ccccc12)C(=O)O.O=C(O)C(=O)Cc1ccccc1. The fraction of sp³-hybridized carbons (Fsp3) is 0.150. The molecule has 0 radical (unpaired) electrons. The molecule has 1 aromatic heterocycles. The number of Topliss-reactive ketones (excluding diaryl/α,β-unsaturated/α-hetero) is 1. The van der Waals surface area contributed by atoms with E-state index in [0.29, 0.717) is 6.42 Å². The highest BCUT2D eigenvalue weighted by Crippen LogP contribution is 2.18. The van der Waals surface area contributed by atoms with E-state index in [-0.39, 0.29) is 6.42 Å². The number of aromatic nitrogens is 1. The number of carbonyl (C=O) groups is 3. The lowest BCUT2D eigenvalue weighted by Gasteiger charge is -2.04. The predicted octanol–water partition coefficient (Wildman–Crippen LogP) is 2.01. The number of nitrogens with two attached hydrogens (primary N) is 1. The van der Waals surface area contributed by atoms with E-state index in [0.717, 1.165) is 22.0 Å². The molecule has 0 saturated heterocycles. The van der Waals surface area contributed by atoms with Crippen molar-refractivity contribution < 1.29 is 24.6 Å². The Labute approximate surface area is 155 Å². The largest absolute Gasteiger partial charge is 0.480 e. The first kappa shape index (κ1) is 19.9. The normalized spacial score (nSPS) is 11.3. The van der Waals surface area contributed by atoms with E-state index in [9.17, 15) is 14.4 Å². The van der Waals surface area contributed by atoms with Gasteiger partial charge in [0, 0.05) is 29.9 Å². The van der Waals surface area contributed by atoms with Gasteiger partial charge in [-0.15, -0.1) is 0 Å². The smallest absolute Gasteiger partial charge is 0.372 e. The summed E-state index contributed by atoms with van der Waals surface area (Å²) in [6, 6.07) is 15.7. The van der Waals surface area contributed by atoms with Crippen LogP contribution in [0.5, 0.6) is 0 Å². The number of ketones is 1. The molecule has 27 heavy (non-hydrogen) atoms. The van der Waals surface area contributed by atoms with Crippen molar-refractivity contribution in [3.63, 3.8) is 0 Å². The summed E-state index contributed by atoms with van der Waals surface area (Å²) < 4.78 is 0. The van der Waals surface area contributed by atoms with Gasteiger partial charge in [-0.05, 0) is 17.2 Å². The van der Waals surface area contributed by atoms with Gasteiger partial charge in [0.2, 0.25) is 5.78 Å². The maximum atomic E-state index is 10.7. The van der Waals surface area contributed by atoms with E-state index in [2.05, 4.69) is 4.98 Å². The summed E-state index contributed by atoms with van der Waals surface area (Å²) in [4.78, 5) is 34.6. The van der Waals surface area contributed by atoms with Crippen molar-refractivity contribution in [2.75, 3.05) is 0 Å². The number of para-hydroxylation sites is 1. The monoisotopic (exact) mass is 368 g/mol. The molecule has 0 aliphatic carbocycles. The summed E-state index contributed by atoms with van der Waals surface area (Å²) in [6.45, 7) is 0. The molecule has 1 unspecified atom stereocenters. The maximum absolute atomic E-state index is 10.7. The van der Waals surface area contributed by atoms with Crippen molar-refractivity contribution in [1.82, 2.24) is 4.98 Å². The molecule has 3 rings (SSSR count). The van der Waals surface area contributed by atoms with Gasteiger partial charge < -0.3 is 20.9 Å². The minimum absolute atomic E-state index is 0.0316. The number of rotatable bonds is 6. The third-order valence-electron chi connectivity index (χ3n) is 3.88. The number of carboxylic acid groups (broad SMARTS) is 2. The molecule has 1 atom stereocenters. The van der Waals surface area contributed by atoms with E-state index in [1.165, 1.54) is 0 Å². The van der Waals surface area contributed by atoms with Crippen LogP contribution in [0.4, 0.5) is 0 Å². The van der Waals surface area contributed by atoms with E-state index in [1.54, 1.807) is 24.3 Å². The molecule has 3 aromatic rings. The molecule has 0 aliphatic rings. The third kappa shape index (κ3) is 5.79. The second kappa shape index (κ2) is 9.30. The zero-order valence-corrected chi connectivity index (χ0v) is 14.5. The summed E-state index contributed by atoms with van der Waals surface area (Å²) >= 11 is 0. The lowest BCUT2D eigenvalue weighted by molar-refractivity contribution is -0.148. The second-order valence-corrected chi connectivity index (χ2v) is 5.90. The minimum atomic E-state index is -1.38. The summed E-state index contributed by atoms with van der Waals surface area (Å²) in [5, 5.41) is 18.0. The fourth-order valence-corrected chi connectivity index (χ4v) is 2.48. The van der Waals surface area contributed by atoms with E-state index in [1.807, 2.05) is 36.5 Å². The molecule has 7 nitrogen and oxygen atoms in total. The predicted molar refractivity (Wildman–Crippen MR) is 100 cm³/mol. The van der Waals surface area contributed by atoms with Gasteiger partial charge in [-0.3, -0.25) is 9.59 Å².